The van der Waals surface area contributed by atoms with Gasteiger partial charge in [0.15, 0.2) is 0 Å². The van der Waals surface area contributed by atoms with Crippen LogP contribution in [0.15, 0.2) is 0 Å². The van der Waals surface area contributed by atoms with Gasteiger partial charge in [-0.2, -0.15) is 0 Å². The lowest BCUT2D eigenvalue weighted by Crippen LogP contribution is -2.54. The van der Waals surface area contributed by atoms with Crippen molar-refractivity contribution in [3.63, 3.8) is 0 Å². The molecular formula is C20H36N2O3. The fourth-order valence-electron chi connectivity index (χ4n) is 5.38. The standard InChI is InChI=1S/C20H36N2O3/c1-20(24)12-4-3-6-17(20)18-7-5-13-22(18)19(23)21-16-10-8-15(9-11-16)14-25-2/h15-18,24H,3-14H2,1-2H3,(H,21,23). The summed E-state index contributed by atoms with van der Waals surface area (Å²) in [5.74, 6) is 0.877. The van der Waals surface area contributed by atoms with Crippen molar-refractivity contribution in [2.45, 2.75) is 88.8 Å². The van der Waals surface area contributed by atoms with Gasteiger partial charge in [0.25, 0.3) is 0 Å². The summed E-state index contributed by atoms with van der Waals surface area (Å²) < 4.78 is 5.26. The van der Waals surface area contributed by atoms with Gasteiger partial charge in [-0.1, -0.05) is 12.8 Å². The summed E-state index contributed by atoms with van der Waals surface area (Å²) in [5.41, 5.74) is -0.621. The number of amides is 2. The van der Waals surface area contributed by atoms with Gasteiger partial charge in [0.1, 0.15) is 0 Å². The van der Waals surface area contributed by atoms with Crippen LogP contribution in [0.2, 0.25) is 0 Å². The molecular weight excluding hydrogens is 316 g/mol. The molecule has 0 aromatic carbocycles. The normalized spacial score (nSPS) is 39.4. The summed E-state index contributed by atoms with van der Waals surface area (Å²) in [7, 11) is 1.77. The van der Waals surface area contributed by atoms with E-state index in [4.69, 9.17) is 4.74 Å². The van der Waals surface area contributed by atoms with Crippen LogP contribution >= 0.6 is 0 Å². The number of aliphatic hydroxyl groups is 1. The molecule has 2 saturated carbocycles. The Labute approximate surface area is 152 Å². The molecule has 5 heteroatoms. The lowest BCUT2D eigenvalue weighted by Gasteiger charge is -2.43. The van der Waals surface area contributed by atoms with E-state index in [0.717, 1.165) is 70.9 Å². The van der Waals surface area contributed by atoms with Gasteiger partial charge in [-0.15, -0.1) is 0 Å². The fraction of sp³-hybridized carbons (Fsp3) is 0.950. The second-order valence-corrected chi connectivity index (χ2v) is 8.73. The fourth-order valence-corrected chi connectivity index (χ4v) is 5.38. The number of urea groups is 1. The molecule has 3 unspecified atom stereocenters. The summed E-state index contributed by atoms with van der Waals surface area (Å²) in [4.78, 5) is 14.9. The van der Waals surface area contributed by atoms with E-state index in [0.29, 0.717) is 12.0 Å². The van der Waals surface area contributed by atoms with E-state index in [-0.39, 0.29) is 18.0 Å². The Kier molecular flexibility index (Phi) is 6.26. The van der Waals surface area contributed by atoms with Crippen LogP contribution in [0.25, 0.3) is 0 Å². The van der Waals surface area contributed by atoms with Crippen LogP contribution in [-0.4, -0.2) is 54.0 Å². The highest BCUT2D eigenvalue weighted by Gasteiger charge is 2.44. The van der Waals surface area contributed by atoms with Crippen molar-refractivity contribution in [1.82, 2.24) is 10.2 Å². The monoisotopic (exact) mass is 352 g/mol. The molecule has 3 aliphatic rings. The number of hydrogen-bond donors (Lipinski definition) is 2. The summed E-state index contributed by atoms with van der Waals surface area (Å²) in [5, 5.41) is 14.1. The number of ether oxygens (including phenoxy) is 1. The predicted molar refractivity (Wildman–Crippen MR) is 98.5 cm³/mol. The topological polar surface area (TPSA) is 61.8 Å². The molecule has 3 atom stereocenters. The Bertz CT molecular complexity index is 446. The molecule has 0 aromatic rings. The van der Waals surface area contributed by atoms with Crippen molar-refractivity contribution < 1.29 is 14.6 Å². The van der Waals surface area contributed by atoms with Gasteiger partial charge in [-0.3, -0.25) is 0 Å². The third kappa shape index (κ3) is 4.48. The Morgan fingerprint density at radius 1 is 1.16 bits per heavy atom. The molecule has 1 heterocycles. The van der Waals surface area contributed by atoms with E-state index >= 15 is 0 Å². The average molecular weight is 353 g/mol. The van der Waals surface area contributed by atoms with Crippen LogP contribution in [0.1, 0.15) is 71.1 Å². The van der Waals surface area contributed by atoms with Crippen molar-refractivity contribution in [2.75, 3.05) is 20.3 Å². The minimum Gasteiger partial charge on any atom is -0.390 e. The zero-order valence-corrected chi connectivity index (χ0v) is 16.0. The minimum atomic E-state index is -0.621. The highest BCUT2D eigenvalue weighted by Crippen LogP contribution is 2.40. The van der Waals surface area contributed by atoms with Gasteiger partial charge in [-0.25, -0.2) is 4.79 Å². The van der Waals surface area contributed by atoms with E-state index in [1.54, 1.807) is 7.11 Å². The van der Waals surface area contributed by atoms with Gasteiger partial charge in [-0.05, 0) is 64.2 Å². The average Bonchev–Trinajstić information content (AvgIpc) is 3.06. The van der Waals surface area contributed by atoms with Crippen molar-refractivity contribution >= 4 is 6.03 Å². The Hall–Kier alpha value is -0.810. The molecule has 3 fully saturated rings. The first-order chi connectivity index (χ1) is 12.0. The van der Waals surface area contributed by atoms with E-state index in [1.165, 1.54) is 6.42 Å². The molecule has 3 rings (SSSR count). The van der Waals surface area contributed by atoms with Gasteiger partial charge in [0.2, 0.25) is 0 Å². The molecule has 1 aliphatic heterocycles. The molecule has 1 saturated heterocycles. The predicted octanol–water partition coefficient (Wildman–Crippen LogP) is 3.31. The number of carbonyl (C=O) groups is 1. The van der Waals surface area contributed by atoms with Crippen molar-refractivity contribution in [3.05, 3.63) is 0 Å². The third-order valence-electron chi connectivity index (χ3n) is 6.85. The van der Waals surface area contributed by atoms with Crippen molar-refractivity contribution in [1.29, 1.82) is 0 Å². The molecule has 144 valence electrons. The van der Waals surface area contributed by atoms with Crippen molar-refractivity contribution in [2.24, 2.45) is 11.8 Å². The molecule has 2 N–H and O–H groups in total. The maximum atomic E-state index is 12.9. The maximum Gasteiger partial charge on any atom is 0.317 e. The van der Waals surface area contributed by atoms with Gasteiger partial charge in [0, 0.05) is 38.3 Å². The first-order valence-corrected chi connectivity index (χ1v) is 10.3. The molecule has 0 radical (unpaired) electrons. The third-order valence-corrected chi connectivity index (χ3v) is 6.85. The number of hydrogen-bond acceptors (Lipinski definition) is 3. The highest BCUT2D eigenvalue weighted by molar-refractivity contribution is 5.75. The number of rotatable bonds is 4. The highest BCUT2D eigenvalue weighted by atomic mass is 16.5. The number of nitrogens with one attached hydrogen (secondary N) is 1. The van der Waals surface area contributed by atoms with Crippen LogP contribution in [0, 0.1) is 11.8 Å². The smallest absolute Gasteiger partial charge is 0.317 e. The van der Waals surface area contributed by atoms with E-state index in [2.05, 4.69) is 5.32 Å². The second-order valence-electron chi connectivity index (χ2n) is 8.73. The van der Waals surface area contributed by atoms with E-state index < -0.39 is 5.60 Å². The molecule has 0 aromatic heterocycles. The molecule has 2 aliphatic carbocycles. The van der Waals surface area contributed by atoms with Crippen molar-refractivity contribution in [3.8, 4) is 0 Å². The summed E-state index contributed by atoms with van der Waals surface area (Å²) in [6.45, 7) is 3.65. The van der Waals surface area contributed by atoms with Crippen LogP contribution in [-0.2, 0) is 4.74 Å². The van der Waals surface area contributed by atoms with E-state index in [1.807, 2.05) is 11.8 Å². The largest absolute Gasteiger partial charge is 0.390 e. The molecule has 0 spiro atoms. The lowest BCUT2D eigenvalue weighted by molar-refractivity contribution is -0.0564. The first-order valence-electron chi connectivity index (χ1n) is 10.3. The van der Waals surface area contributed by atoms with Crippen LogP contribution in [0.3, 0.4) is 0 Å². The SMILES string of the molecule is COCC1CCC(NC(=O)N2CCCC2C2CCCCC2(C)O)CC1. The van der Waals surface area contributed by atoms with Gasteiger partial charge in [0.05, 0.1) is 5.60 Å². The Morgan fingerprint density at radius 2 is 1.92 bits per heavy atom. The Morgan fingerprint density at radius 3 is 2.60 bits per heavy atom. The minimum absolute atomic E-state index is 0.0964. The second kappa shape index (κ2) is 8.26. The molecule has 25 heavy (non-hydrogen) atoms. The zero-order valence-electron chi connectivity index (χ0n) is 16.0. The van der Waals surface area contributed by atoms with Crippen LogP contribution < -0.4 is 5.32 Å². The quantitative estimate of drug-likeness (QED) is 0.816. The summed E-state index contributed by atoms with van der Waals surface area (Å²) in [6, 6.07) is 0.605. The van der Waals surface area contributed by atoms with Gasteiger partial charge < -0.3 is 20.1 Å². The number of methoxy groups -OCH3 is 1. The molecule has 5 nitrogen and oxygen atoms in total. The summed E-state index contributed by atoms with van der Waals surface area (Å²) in [6.07, 6.45) is 10.7. The summed E-state index contributed by atoms with van der Waals surface area (Å²) >= 11 is 0. The lowest BCUT2D eigenvalue weighted by atomic mass is 9.72. The maximum absolute atomic E-state index is 12.9. The molecule has 2 amide bonds. The van der Waals surface area contributed by atoms with Crippen LogP contribution in [0.4, 0.5) is 4.79 Å². The zero-order chi connectivity index (χ0) is 17.9. The Balaban J connectivity index is 1.54. The number of likely N-dealkylation sites (tertiary alicyclic amines) is 1. The first kappa shape index (κ1) is 19.0. The molecule has 0 bridgehead atoms. The number of carbonyl (C=O) groups excluding carboxylic acids is 1. The van der Waals surface area contributed by atoms with Crippen LogP contribution in [0.5, 0.6) is 0 Å². The van der Waals surface area contributed by atoms with E-state index in [9.17, 15) is 9.90 Å². The number of nitrogens with zero attached hydrogens (tertiary/aromatic N) is 1. The van der Waals surface area contributed by atoms with Gasteiger partial charge >= 0.3 is 6.03 Å².